The molecule has 2 aromatic heterocycles. The van der Waals surface area contributed by atoms with Crippen molar-refractivity contribution in [2.75, 3.05) is 11.9 Å². The molecule has 0 bridgehead atoms. The number of aromatic nitrogens is 2. The first-order chi connectivity index (χ1) is 7.81. The Hall–Kier alpha value is -1.42. The second-order valence-electron chi connectivity index (χ2n) is 3.66. The van der Waals surface area contributed by atoms with Crippen LogP contribution in [0, 0.1) is 6.92 Å². The van der Waals surface area contributed by atoms with Crippen LogP contribution in [0.2, 0.25) is 0 Å². The maximum absolute atomic E-state index is 4.50. The van der Waals surface area contributed by atoms with Gasteiger partial charge in [0, 0.05) is 23.7 Å². The van der Waals surface area contributed by atoms with Crippen molar-refractivity contribution in [3.8, 4) is 11.4 Å². The van der Waals surface area contributed by atoms with Gasteiger partial charge < -0.3 is 5.32 Å². The van der Waals surface area contributed by atoms with Crippen LogP contribution in [-0.4, -0.2) is 16.5 Å². The summed E-state index contributed by atoms with van der Waals surface area (Å²) in [5, 5.41) is 7.48. The first-order valence-corrected chi connectivity index (χ1v) is 6.35. The lowest BCUT2D eigenvalue weighted by Gasteiger charge is -2.05. The quantitative estimate of drug-likeness (QED) is 0.880. The second-order valence-corrected chi connectivity index (χ2v) is 4.40. The summed E-state index contributed by atoms with van der Waals surface area (Å²) in [5.41, 5.74) is 2.36. The second kappa shape index (κ2) is 5.07. The lowest BCUT2D eigenvalue weighted by molar-refractivity contribution is 0.966. The van der Waals surface area contributed by atoms with Gasteiger partial charge in [-0.1, -0.05) is 6.92 Å². The number of nitrogens with zero attached hydrogens (tertiary/aromatic N) is 2. The minimum absolute atomic E-state index is 0.805. The van der Waals surface area contributed by atoms with Gasteiger partial charge in [-0.15, -0.1) is 0 Å². The van der Waals surface area contributed by atoms with E-state index in [1.165, 1.54) is 5.56 Å². The van der Waals surface area contributed by atoms with Crippen LogP contribution in [0.5, 0.6) is 0 Å². The third kappa shape index (κ3) is 2.39. The average Bonchev–Trinajstić information content (AvgIpc) is 2.73. The van der Waals surface area contributed by atoms with Gasteiger partial charge in [0.1, 0.15) is 5.82 Å². The Morgan fingerprint density at radius 1 is 1.38 bits per heavy atom. The first kappa shape index (κ1) is 11.1. The Labute approximate surface area is 99.6 Å². The average molecular weight is 233 g/mol. The molecule has 0 radical (unpaired) electrons. The molecule has 0 aliphatic carbocycles. The molecule has 2 heterocycles. The fourth-order valence-corrected chi connectivity index (χ4v) is 2.26. The summed E-state index contributed by atoms with van der Waals surface area (Å²) in [6.07, 6.45) is 2.90. The van der Waals surface area contributed by atoms with Crippen molar-refractivity contribution in [3.63, 3.8) is 0 Å². The molecule has 2 rings (SSSR count). The molecule has 16 heavy (non-hydrogen) atoms. The molecule has 0 atom stereocenters. The van der Waals surface area contributed by atoms with Crippen molar-refractivity contribution in [2.45, 2.75) is 20.3 Å². The van der Waals surface area contributed by atoms with Gasteiger partial charge >= 0.3 is 0 Å². The first-order valence-electron chi connectivity index (χ1n) is 5.41. The summed E-state index contributed by atoms with van der Waals surface area (Å²) >= 11 is 1.68. The highest BCUT2D eigenvalue weighted by atomic mass is 32.1. The molecule has 0 saturated heterocycles. The molecule has 0 aliphatic heterocycles. The lowest BCUT2D eigenvalue weighted by atomic mass is 10.2. The van der Waals surface area contributed by atoms with Crippen molar-refractivity contribution in [1.29, 1.82) is 0 Å². The SMILES string of the molecule is CCCNc1ccnc(-c2cscc2C)n1. The third-order valence-electron chi connectivity index (χ3n) is 2.31. The Bertz CT molecular complexity index is 465. The molecule has 3 nitrogen and oxygen atoms in total. The van der Waals surface area contributed by atoms with Crippen LogP contribution < -0.4 is 5.32 Å². The van der Waals surface area contributed by atoms with Crippen LogP contribution in [0.25, 0.3) is 11.4 Å². The zero-order valence-electron chi connectivity index (χ0n) is 9.53. The Morgan fingerprint density at radius 3 is 2.94 bits per heavy atom. The van der Waals surface area contributed by atoms with Gasteiger partial charge in [0.25, 0.3) is 0 Å². The van der Waals surface area contributed by atoms with E-state index in [0.29, 0.717) is 0 Å². The summed E-state index contributed by atoms with van der Waals surface area (Å²) in [6, 6.07) is 1.90. The molecule has 84 valence electrons. The van der Waals surface area contributed by atoms with E-state index < -0.39 is 0 Å². The Morgan fingerprint density at radius 2 is 2.25 bits per heavy atom. The highest BCUT2D eigenvalue weighted by molar-refractivity contribution is 7.08. The van der Waals surface area contributed by atoms with Crippen molar-refractivity contribution >= 4 is 17.2 Å². The minimum Gasteiger partial charge on any atom is -0.370 e. The molecular formula is C12H15N3S. The van der Waals surface area contributed by atoms with E-state index in [2.05, 4.69) is 39.9 Å². The molecule has 0 unspecified atom stereocenters. The van der Waals surface area contributed by atoms with Crippen molar-refractivity contribution in [2.24, 2.45) is 0 Å². The van der Waals surface area contributed by atoms with Crippen LogP contribution in [0.1, 0.15) is 18.9 Å². The number of aryl methyl sites for hydroxylation is 1. The molecule has 1 N–H and O–H groups in total. The van der Waals surface area contributed by atoms with E-state index in [-0.39, 0.29) is 0 Å². The van der Waals surface area contributed by atoms with Gasteiger partial charge in [-0.25, -0.2) is 9.97 Å². The van der Waals surface area contributed by atoms with Gasteiger partial charge in [0.2, 0.25) is 0 Å². The summed E-state index contributed by atoms with van der Waals surface area (Å²) in [5.74, 6) is 1.71. The molecule has 2 aromatic rings. The number of hydrogen-bond donors (Lipinski definition) is 1. The molecule has 0 amide bonds. The van der Waals surface area contributed by atoms with Crippen LogP contribution in [0.15, 0.2) is 23.0 Å². The summed E-state index contributed by atoms with van der Waals surface area (Å²) in [4.78, 5) is 8.80. The number of anilines is 1. The standard InChI is InChI=1S/C12H15N3S/c1-3-5-13-11-4-6-14-12(15-11)10-8-16-7-9(10)2/h4,6-8H,3,5H2,1-2H3,(H,13,14,15). The largest absolute Gasteiger partial charge is 0.370 e. The van der Waals surface area contributed by atoms with E-state index in [9.17, 15) is 0 Å². The fourth-order valence-electron chi connectivity index (χ4n) is 1.43. The maximum atomic E-state index is 4.50. The summed E-state index contributed by atoms with van der Waals surface area (Å²) in [6.45, 7) is 5.17. The fraction of sp³-hybridized carbons (Fsp3) is 0.333. The lowest BCUT2D eigenvalue weighted by Crippen LogP contribution is -2.03. The number of thiophene rings is 1. The third-order valence-corrected chi connectivity index (χ3v) is 3.17. The van der Waals surface area contributed by atoms with Gasteiger partial charge in [0.15, 0.2) is 5.82 Å². The highest BCUT2D eigenvalue weighted by Gasteiger charge is 2.06. The van der Waals surface area contributed by atoms with Gasteiger partial charge in [-0.2, -0.15) is 11.3 Å². The number of nitrogens with one attached hydrogen (secondary N) is 1. The molecule has 0 spiro atoms. The molecule has 4 heteroatoms. The van der Waals surface area contributed by atoms with Crippen LogP contribution in [0.3, 0.4) is 0 Å². The van der Waals surface area contributed by atoms with Crippen LogP contribution in [-0.2, 0) is 0 Å². The van der Waals surface area contributed by atoms with Crippen LogP contribution in [0.4, 0.5) is 5.82 Å². The Balaban J connectivity index is 2.26. The van der Waals surface area contributed by atoms with E-state index in [1.807, 2.05) is 6.07 Å². The maximum Gasteiger partial charge on any atom is 0.162 e. The minimum atomic E-state index is 0.805. The predicted octanol–water partition coefficient (Wildman–Crippen LogP) is 3.34. The van der Waals surface area contributed by atoms with Gasteiger partial charge in [-0.05, 0) is 30.4 Å². The zero-order chi connectivity index (χ0) is 11.4. The highest BCUT2D eigenvalue weighted by Crippen LogP contribution is 2.24. The Kier molecular flexibility index (Phi) is 3.51. The molecular weight excluding hydrogens is 218 g/mol. The van der Waals surface area contributed by atoms with E-state index in [4.69, 9.17) is 0 Å². The van der Waals surface area contributed by atoms with Crippen LogP contribution >= 0.6 is 11.3 Å². The summed E-state index contributed by atoms with van der Waals surface area (Å²) in [7, 11) is 0. The van der Waals surface area contributed by atoms with Gasteiger partial charge in [0.05, 0.1) is 0 Å². The van der Waals surface area contributed by atoms with E-state index in [1.54, 1.807) is 17.5 Å². The van der Waals surface area contributed by atoms with E-state index >= 15 is 0 Å². The van der Waals surface area contributed by atoms with E-state index in [0.717, 1.165) is 30.2 Å². The van der Waals surface area contributed by atoms with Gasteiger partial charge in [-0.3, -0.25) is 0 Å². The number of hydrogen-bond acceptors (Lipinski definition) is 4. The molecule has 0 fully saturated rings. The molecule has 0 aliphatic rings. The normalized spacial score (nSPS) is 10.4. The molecule has 0 saturated carbocycles. The number of rotatable bonds is 4. The smallest absolute Gasteiger partial charge is 0.162 e. The zero-order valence-corrected chi connectivity index (χ0v) is 10.3. The summed E-state index contributed by atoms with van der Waals surface area (Å²) < 4.78 is 0. The molecule has 0 aromatic carbocycles. The van der Waals surface area contributed by atoms with Crippen molar-refractivity contribution < 1.29 is 0 Å². The van der Waals surface area contributed by atoms with Crippen molar-refractivity contribution in [1.82, 2.24) is 9.97 Å². The predicted molar refractivity (Wildman–Crippen MR) is 68.9 cm³/mol. The topological polar surface area (TPSA) is 37.8 Å². The monoisotopic (exact) mass is 233 g/mol. The van der Waals surface area contributed by atoms with Crippen molar-refractivity contribution in [3.05, 3.63) is 28.6 Å².